The molecule has 0 aliphatic rings. The number of hydrogen-bond acceptors (Lipinski definition) is 6. The Kier molecular flexibility index (Phi) is 11.8. The SMILES string of the molecule is O=C(O)c1ccncc1.O=C(O)c1ccncc1.O=C(O)c1ccncc1.[Cr]. The largest absolute Gasteiger partial charge is 0.478 e. The van der Waals surface area contributed by atoms with Crippen LogP contribution >= 0.6 is 0 Å². The Morgan fingerprint density at radius 2 is 0.679 bits per heavy atom. The van der Waals surface area contributed by atoms with Crippen LogP contribution in [0, 0.1) is 0 Å². The van der Waals surface area contributed by atoms with E-state index in [1.165, 1.54) is 73.6 Å². The first kappa shape index (κ1) is 24.4. The van der Waals surface area contributed by atoms with E-state index in [0.29, 0.717) is 0 Å². The van der Waals surface area contributed by atoms with Gasteiger partial charge in [-0.1, -0.05) is 0 Å². The molecule has 0 aliphatic carbocycles. The van der Waals surface area contributed by atoms with Gasteiger partial charge in [0.2, 0.25) is 0 Å². The average molecular weight is 421 g/mol. The smallest absolute Gasteiger partial charge is 0.335 e. The van der Waals surface area contributed by atoms with Crippen molar-refractivity contribution in [2.75, 3.05) is 0 Å². The maximum atomic E-state index is 10.2. The number of nitrogens with zero attached hydrogens (tertiary/aromatic N) is 3. The zero-order valence-corrected chi connectivity index (χ0v) is 15.5. The van der Waals surface area contributed by atoms with Gasteiger partial charge in [0, 0.05) is 54.5 Å². The van der Waals surface area contributed by atoms with Gasteiger partial charge in [-0.15, -0.1) is 0 Å². The van der Waals surface area contributed by atoms with E-state index in [2.05, 4.69) is 15.0 Å². The number of carboxylic acids is 3. The van der Waals surface area contributed by atoms with Gasteiger partial charge in [-0.25, -0.2) is 14.4 Å². The van der Waals surface area contributed by atoms with Gasteiger partial charge in [0.1, 0.15) is 0 Å². The fourth-order valence-electron chi connectivity index (χ4n) is 1.48. The van der Waals surface area contributed by atoms with Gasteiger partial charge < -0.3 is 15.3 Å². The average Bonchev–Trinajstić information content (AvgIpc) is 2.71. The maximum Gasteiger partial charge on any atom is 0.335 e. The molecule has 0 unspecified atom stereocenters. The molecule has 144 valence electrons. The molecule has 0 aliphatic heterocycles. The van der Waals surface area contributed by atoms with E-state index >= 15 is 0 Å². The standard InChI is InChI=1S/3C6H5NO2.Cr/c3*8-6(9)5-1-3-7-4-2-5;/h3*1-4H,(H,8,9);. The number of aromatic nitrogens is 3. The second kappa shape index (κ2) is 13.6. The Labute approximate surface area is 170 Å². The molecule has 3 N–H and O–H groups in total. The van der Waals surface area contributed by atoms with Crippen molar-refractivity contribution in [3.63, 3.8) is 0 Å². The van der Waals surface area contributed by atoms with Gasteiger partial charge >= 0.3 is 17.9 Å². The molecule has 3 rings (SSSR count). The van der Waals surface area contributed by atoms with Crippen molar-refractivity contribution in [2.45, 2.75) is 0 Å². The molecule has 10 heteroatoms. The van der Waals surface area contributed by atoms with Gasteiger partial charge in [0.25, 0.3) is 0 Å². The van der Waals surface area contributed by atoms with Crippen LogP contribution in [0.2, 0.25) is 0 Å². The number of carboxylic acid groups (broad SMARTS) is 3. The Morgan fingerprint density at radius 1 is 0.500 bits per heavy atom. The molecule has 3 heterocycles. The molecule has 0 saturated carbocycles. The van der Waals surface area contributed by atoms with E-state index in [-0.39, 0.29) is 34.1 Å². The van der Waals surface area contributed by atoms with Crippen molar-refractivity contribution in [3.8, 4) is 0 Å². The van der Waals surface area contributed by atoms with Crippen molar-refractivity contribution in [1.29, 1.82) is 0 Å². The van der Waals surface area contributed by atoms with Gasteiger partial charge in [-0.3, -0.25) is 15.0 Å². The predicted octanol–water partition coefficient (Wildman–Crippen LogP) is 2.34. The zero-order valence-electron chi connectivity index (χ0n) is 14.2. The van der Waals surface area contributed by atoms with Gasteiger partial charge in [0.15, 0.2) is 0 Å². The summed E-state index contributed by atoms with van der Waals surface area (Å²) in [5.41, 5.74) is 0.806. The Bertz CT molecular complexity index is 747. The van der Waals surface area contributed by atoms with Crippen LogP contribution in [-0.4, -0.2) is 48.2 Å². The van der Waals surface area contributed by atoms with Crippen molar-refractivity contribution in [1.82, 2.24) is 15.0 Å². The van der Waals surface area contributed by atoms with Crippen LogP contribution in [0.25, 0.3) is 0 Å². The minimum absolute atomic E-state index is 0. The molecule has 0 atom stereocenters. The van der Waals surface area contributed by atoms with Gasteiger partial charge in [-0.05, 0) is 36.4 Å². The topological polar surface area (TPSA) is 151 Å². The number of carbonyl (C=O) groups is 3. The summed E-state index contributed by atoms with van der Waals surface area (Å²) in [5.74, 6) is -2.76. The third-order valence-corrected chi connectivity index (χ3v) is 2.78. The molecule has 0 fully saturated rings. The van der Waals surface area contributed by atoms with Crippen LogP contribution in [0.15, 0.2) is 73.6 Å². The van der Waals surface area contributed by atoms with Crippen molar-refractivity contribution in [3.05, 3.63) is 90.3 Å². The quantitative estimate of drug-likeness (QED) is 0.579. The van der Waals surface area contributed by atoms with E-state index in [1.807, 2.05) is 0 Å². The second-order valence-electron chi connectivity index (χ2n) is 4.62. The second-order valence-corrected chi connectivity index (χ2v) is 4.62. The van der Waals surface area contributed by atoms with Crippen LogP contribution in [0.4, 0.5) is 0 Å². The summed E-state index contributed by atoms with van der Waals surface area (Å²) in [6.45, 7) is 0. The van der Waals surface area contributed by atoms with E-state index < -0.39 is 17.9 Å². The first-order chi connectivity index (χ1) is 12.9. The molecule has 0 saturated heterocycles. The third kappa shape index (κ3) is 9.77. The molecule has 0 spiro atoms. The summed E-state index contributed by atoms with van der Waals surface area (Å²) in [6, 6.07) is 8.68. The minimum Gasteiger partial charge on any atom is -0.478 e. The van der Waals surface area contributed by atoms with E-state index in [1.54, 1.807) is 0 Å². The molecule has 3 aromatic heterocycles. The number of rotatable bonds is 3. The Morgan fingerprint density at radius 3 is 0.786 bits per heavy atom. The van der Waals surface area contributed by atoms with Gasteiger partial charge in [0.05, 0.1) is 16.7 Å². The zero-order chi connectivity index (χ0) is 20.1. The van der Waals surface area contributed by atoms with Crippen LogP contribution in [-0.2, 0) is 17.4 Å². The predicted molar refractivity (Wildman–Crippen MR) is 93.6 cm³/mol. The van der Waals surface area contributed by atoms with Crippen molar-refractivity contribution in [2.24, 2.45) is 0 Å². The van der Waals surface area contributed by atoms with Crippen molar-refractivity contribution < 1.29 is 47.1 Å². The van der Waals surface area contributed by atoms with E-state index in [0.717, 1.165) is 0 Å². The molecule has 0 bridgehead atoms. The summed E-state index contributed by atoms with van der Waals surface area (Å²) in [5, 5.41) is 25.1. The van der Waals surface area contributed by atoms with Crippen molar-refractivity contribution >= 4 is 17.9 Å². The monoisotopic (exact) mass is 421 g/mol. The van der Waals surface area contributed by atoms with E-state index in [4.69, 9.17) is 15.3 Å². The molecule has 28 heavy (non-hydrogen) atoms. The number of aromatic carboxylic acids is 3. The molecule has 3 aromatic rings. The van der Waals surface area contributed by atoms with Crippen LogP contribution < -0.4 is 0 Å². The molecular formula is C18H15CrN3O6. The van der Waals surface area contributed by atoms with E-state index in [9.17, 15) is 14.4 Å². The van der Waals surface area contributed by atoms with Crippen LogP contribution in [0.3, 0.4) is 0 Å². The Balaban J connectivity index is 0.000000384. The Hall–Kier alpha value is -3.61. The summed E-state index contributed by atoms with van der Waals surface area (Å²) in [7, 11) is 0. The molecular weight excluding hydrogens is 406 g/mol. The molecule has 9 nitrogen and oxygen atoms in total. The summed E-state index contributed by atoms with van der Waals surface area (Å²) < 4.78 is 0. The summed E-state index contributed by atoms with van der Waals surface area (Å²) in [6.07, 6.45) is 8.69. The fraction of sp³-hybridized carbons (Fsp3) is 0. The first-order valence-corrected chi connectivity index (χ1v) is 7.31. The van der Waals surface area contributed by atoms with Crippen LogP contribution in [0.1, 0.15) is 31.1 Å². The summed E-state index contributed by atoms with van der Waals surface area (Å²) in [4.78, 5) is 41.5. The van der Waals surface area contributed by atoms with Gasteiger partial charge in [-0.2, -0.15) is 0 Å². The van der Waals surface area contributed by atoms with Crippen LogP contribution in [0.5, 0.6) is 0 Å². The normalized spacial score (nSPS) is 8.57. The third-order valence-electron chi connectivity index (χ3n) is 2.78. The molecule has 0 aromatic carbocycles. The molecule has 0 amide bonds. The summed E-state index contributed by atoms with van der Waals surface area (Å²) >= 11 is 0. The number of hydrogen-bond donors (Lipinski definition) is 3. The molecule has 0 radical (unpaired) electrons. The maximum absolute atomic E-state index is 10.2. The fourth-order valence-corrected chi connectivity index (χ4v) is 1.48. The first-order valence-electron chi connectivity index (χ1n) is 7.31. The number of pyridine rings is 3. The minimum atomic E-state index is -0.919.